The molecule has 4 unspecified atom stereocenters. The van der Waals surface area contributed by atoms with E-state index in [4.69, 9.17) is 14.5 Å². The van der Waals surface area contributed by atoms with Gasteiger partial charge in [-0.15, -0.1) is 0 Å². The third kappa shape index (κ3) is 0.391. The van der Waals surface area contributed by atoms with Gasteiger partial charge in [0.25, 0.3) is 0 Å². The molecule has 1 saturated carbocycles. The first kappa shape index (κ1) is 5.52. The molecule has 0 aromatic carbocycles. The van der Waals surface area contributed by atoms with Crippen LogP contribution in [0.2, 0.25) is 0 Å². The summed E-state index contributed by atoms with van der Waals surface area (Å²) in [7, 11) is 0. The van der Waals surface area contributed by atoms with Gasteiger partial charge in [0.1, 0.15) is 0 Å². The average Bonchev–Trinajstić information content (AvgIpc) is 2.54. The zero-order chi connectivity index (χ0) is 6.98. The van der Waals surface area contributed by atoms with Crippen LogP contribution in [0.4, 0.5) is 0 Å². The molecule has 1 aliphatic carbocycles. The minimum atomic E-state index is -0.417. The molecule has 0 aromatic rings. The molecule has 2 heterocycles. The second-order valence-electron chi connectivity index (χ2n) is 3.75. The smallest absolute Gasteiger partial charge is 0.205 e. The summed E-state index contributed by atoms with van der Waals surface area (Å²) in [5.74, 6) is 0.344. The topological polar surface area (TPSA) is 27.7 Å². The Bertz CT molecular complexity index is 185. The van der Waals surface area contributed by atoms with Crippen molar-refractivity contribution in [3.8, 4) is 0 Å². The lowest BCUT2D eigenvalue weighted by Gasteiger charge is -2.15. The van der Waals surface area contributed by atoms with Gasteiger partial charge in [0, 0.05) is 11.8 Å². The second kappa shape index (κ2) is 1.15. The zero-order valence-corrected chi connectivity index (χ0v) is 6.09. The van der Waals surface area contributed by atoms with Gasteiger partial charge < -0.3 is 4.74 Å². The van der Waals surface area contributed by atoms with E-state index in [1.807, 2.05) is 13.8 Å². The van der Waals surface area contributed by atoms with Gasteiger partial charge in [-0.25, -0.2) is 0 Å². The fraction of sp³-hybridized carbons (Fsp3) is 1.00. The van der Waals surface area contributed by atoms with Crippen LogP contribution in [0.25, 0.3) is 0 Å². The van der Waals surface area contributed by atoms with Crippen molar-refractivity contribution in [1.29, 1.82) is 0 Å². The Hall–Kier alpha value is -0.120. The molecular formula is C7H10O3. The van der Waals surface area contributed by atoms with E-state index >= 15 is 0 Å². The highest BCUT2D eigenvalue weighted by Crippen LogP contribution is 2.67. The van der Waals surface area contributed by atoms with E-state index < -0.39 is 11.6 Å². The highest BCUT2D eigenvalue weighted by Gasteiger charge is 2.75. The first-order valence-electron chi connectivity index (χ1n) is 3.71. The number of ether oxygens (including phenoxy) is 1. The molecule has 0 aromatic heterocycles. The Morgan fingerprint density at radius 1 is 1.10 bits per heavy atom. The van der Waals surface area contributed by atoms with Crippen molar-refractivity contribution in [2.45, 2.75) is 31.8 Å². The van der Waals surface area contributed by atoms with Gasteiger partial charge in [0.05, 0.1) is 0 Å². The van der Waals surface area contributed by atoms with Gasteiger partial charge in [0.2, 0.25) is 11.6 Å². The van der Waals surface area contributed by atoms with E-state index in [-0.39, 0.29) is 0 Å². The summed E-state index contributed by atoms with van der Waals surface area (Å²) in [6.07, 6.45) is 1.20. The van der Waals surface area contributed by atoms with E-state index in [9.17, 15) is 0 Å². The summed E-state index contributed by atoms with van der Waals surface area (Å²) in [6.45, 7) is 3.91. The molecule has 2 aliphatic heterocycles. The molecular weight excluding hydrogens is 132 g/mol. The number of hydrogen-bond donors (Lipinski definition) is 0. The summed E-state index contributed by atoms with van der Waals surface area (Å²) >= 11 is 0. The third-order valence-electron chi connectivity index (χ3n) is 2.92. The minimum Gasteiger partial charge on any atom is -0.312 e. The van der Waals surface area contributed by atoms with Crippen molar-refractivity contribution >= 4 is 0 Å². The van der Waals surface area contributed by atoms with Crippen molar-refractivity contribution in [2.75, 3.05) is 0 Å². The predicted octanol–water partition coefficient (Wildman–Crippen LogP) is 1.05. The molecule has 2 bridgehead atoms. The normalized spacial score (nSPS) is 70.2. The molecule has 0 N–H and O–H groups in total. The van der Waals surface area contributed by atoms with Gasteiger partial charge in [0.15, 0.2) is 0 Å². The molecule has 3 fully saturated rings. The maximum absolute atomic E-state index is 5.56. The molecule has 3 aliphatic rings. The first-order chi connectivity index (χ1) is 4.64. The summed E-state index contributed by atoms with van der Waals surface area (Å²) in [6, 6.07) is 0. The van der Waals surface area contributed by atoms with Crippen LogP contribution < -0.4 is 0 Å². The largest absolute Gasteiger partial charge is 0.312 e. The van der Waals surface area contributed by atoms with Crippen molar-refractivity contribution in [3.63, 3.8) is 0 Å². The third-order valence-corrected chi connectivity index (χ3v) is 2.92. The molecule has 3 heteroatoms. The van der Waals surface area contributed by atoms with Crippen LogP contribution in [0.3, 0.4) is 0 Å². The van der Waals surface area contributed by atoms with Gasteiger partial charge in [-0.1, -0.05) is 0 Å². The zero-order valence-electron chi connectivity index (χ0n) is 6.09. The Morgan fingerprint density at radius 2 is 1.60 bits per heavy atom. The van der Waals surface area contributed by atoms with Crippen LogP contribution in [0.5, 0.6) is 0 Å². The molecule has 3 rings (SSSR count). The average molecular weight is 142 g/mol. The summed E-state index contributed by atoms with van der Waals surface area (Å²) in [4.78, 5) is 10.1. The Balaban J connectivity index is 2.08. The standard InChI is InChI=1S/C7H10O3/c1-6-4-3-5(4)7(2,8-6)10-9-6/h4-5H,3H2,1-2H3. The van der Waals surface area contributed by atoms with Gasteiger partial charge in [-0.3, -0.25) is 0 Å². The molecule has 2 saturated heterocycles. The lowest BCUT2D eigenvalue weighted by atomic mass is 10.1. The maximum Gasteiger partial charge on any atom is 0.205 e. The van der Waals surface area contributed by atoms with E-state index in [0.29, 0.717) is 11.8 Å². The van der Waals surface area contributed by atoms with Crippen molar-refractivity contribution in [3.05, 3.63) is 0 Å². The number of fused-ring (bicyclic) bond motifs is 5. The predicted molar refractivity (Wildman–Crippen MR) is 31.7 cm³/mol. The molecule has 0 amide bonds. The van der Waals surface area contributed by atoms with Gasteiger partial charge in [-0.05, 0) is 20.3 Å². The van der Waals surface area contributed by atoms with Crippen LogP contribution in [0.15, 0.2) is 0 Å². The van der Waals surface area contributed by atoms with Crippen LogP contribution in [-0.4, -0.2) is 11.6 Å². The van der Waals surface area contributed by atoms with E-state index in [2.05, 4.69) is 0 Å². The Labute approximate surface area is 59.2 Å². The fourth-order valence-corrected chi connectivity index (χ4v) is 2.23. The van der Waals surface area contributed by atoms with Gasteiger partial charge >= 0.3 is 0 Å². The summed E-state index contributed by atoms with van der Waals surface area (Å²) in [5, 5.41) is 0. The van der Waals surface area contributed by atoms with E-state index in [1.165, 1.54) is 6.42 Å². The minimum absolute atomic E-state index is 0.417. The molecule has 0 radical (unpaired) electrons. The van der Waals surface area contributed by atoms with Crippen LogP contribution in [0.1, 0.15) is 20.3 Å². The van der Waals surface area contributed by atoms with E-state index in [0.717, 1.165) is 0 Å². The molecule has 56 valence electrons. The molecule has 4 atom stereocenters. The Kier molecular flexibility index (Phi) is 0.636. The quantitative estimate of drug-likeness (QED) is 0.473. The summed E-state index contributed by atoms with van der Waals surface area (Å²) in [5.41, 5.74) is 0. The maximum atomic E-state index is 5.56. The van der Waals surface area contributed by atoms with Crippen molar-refractivity contribution in [1.82, 2.24) is 0 Å². The Morgan fingerprint density at radius 3 is 1.90 bits per heavy atom. The molecule has 3 nitrogen and oxygen atoms in total. The highest BCUT2D eigenvalue weighted by atomic mass is 17.3. The van der Waals surface area contributed by atoms with Gasteiger partial charge in [-0.2, -0.15) is 9.78 Å². The molecule has 10 heavy (non-hydrogen) atoms. The second-order valence-corrected chi connectivity index (χ2v) is 3.75. The summed E-state index contributed by atoms with van der Waals surface area (Å²) < 4.78 is 5.56. The SMILES string of the molecule is CC12OOC(C)(O1)C1CC12. The van der Waals surface area contributed by atoms with E-state index in [1.54, 1.807) is 0 Å². The fourth-order valence-electron chi connectivity index (χ4n) is 2.23. The monoisotopic (exact) mass is 142 g/mol. The van der Waals surface area contributed by atoms with Crippen LogP contribution in [-0.2, 0) is 14.5 Å². The van der Waals surface area contributed by atoms with Crippen LogP contribution >= 0.6 is 0 Å². The number of rotatable bonds is 0. The first-order valence-corrected chi connectivity index (χ1v) is 3.71. The lowest BCUT2D eigenvalue weighted by molar-refractivity contribution is -0.369. The number of hydrogen-bond acceptors (Lipinski definition) is 3. The highest BCUT2D eigenvalue weighted by molar-refractivity contribution is 5.09. The van der Waals surface area contributed by atoms with Crippen molar-refractivity contribution in [2.24, 2.45) is 11.8 Å². The molecule has 0 spiro atoms. The van der Waals surface area contributed by atoms with Crippen molar-refractivity contribution < 1.29 is 14.5 Å². The lowest BCUT2D eigenvalue weighted by Crippen LogP contribution is -2.26. The van der Waals surface area contributed by atoms with Crippen LogP contribution in [0, 0.1) is 11.8 Å².